The lowest BCUT2D eigenvalue weighted by Crippen LogP contribution is -2.08. The maximum Gasteiger partial charge on any atom is 0.342 e. The van der Waals surface area contributed by atoms with E-state index in [1.807, 2.05) is 0 Å². The Bertz CT molecular complexity index is 346. The summed E-state index contributed by atoms with van der Waals surface area (Å²) in [5, 5.41) is -0.0916. The second kappa shape index (κ2) is 4.85. The van der Waals surface area contributed by atoms with E-state index in [4.69, 9.17) is 11.6 Å². The Kier molecular flexibility index (Phi) is 3.76. The normalized spacial score (nSPS) is 9.93. The molecule has 4 nitrogen and oxygen atoms in total. The van der Waals surface area contributed by atoms with E-state index in [1.54, 1.807) is 6.92 Å². The standard InChI is InChI=1S/C8H8ClFN2O2/c1-2-14-8(13)5-4-11-6(3-10)12-7(5)9/h4H,2-3H2,1H3. The van der Waals surface area contributed by atoms with Gasteiger partial charge < -0.3 is 4.74 Å². The molecule has 0 saturated heterocycles. The Morgan fingerprint density at radius 1 is 1.71 bits per heavy atom. The van der Waals surface area contributed by atoms with E-state index in [-0.39, 0.29) is 23.1 Å². The molecule has 0 bridgehead atoms. The Labute approximate surface area is 85.1 Å². The predicted molar refractivity (Wildman–Crippen MR) is 47.8 cm³/mol. The average molecular weight is 219 g/mol. The molecule has 0 N–H and O–H groups in total. The van der Waals surface area contributed by atoms with Gasteiger partial charge in [0.2, 0.25) is 0 Å². The van der Waals surface area contributed by atoms with Gasteiger partial charge in [-0.2, -0.15) is 0 Å². The summed E-state index contributed by atoms with van der Waals surface area (Å²) < 4.78 is 16.8. The van der Waals surface area contributed by atoms with E-state index >= 15 is 0 Å². The van der Waals surface area contributed by atoms with Crippen molar-refractivity contribution in [2.75, 3.05) is 6.61 Å². The smallest absolute Gasteiger partial charge is 0.342 e. The summed E-state index contributed by atoms with van der Waals surface area (Å²) in [5.74, 6) is -0.661. The Morgan fingerprint density at radius 2 is 2.43 bits per heavy atom. The molecular weight excluding hydrogens is 211 g/mol. The van der Waals surface area contributed by atoms with E-state index in [9.17, 15) is 9.18 Å². The molecule has 76 valence electrons. The maximum atomic E-state index is 12.1. The summed E-state index contributed by atoms with van der Waals surface area (Å²) >= 11 is 5.62. The zero-order valence-electron chi connectivity index (χ0n) is 7.46. The third-order valence-corrected chi connectivity index (χ3v) is 1.70. The lowest BCUT2D eigenvalue weighted by molar-refractivity contribution is 0.0525. The van der Waals surface area contributed by atoms with Gasteiger partial charge in [0.15, 0.2) is 5.82 Å². The molecule has 0 radical (unpaired) electrons. The van der Waals surface area contributed by atoms with Crippen molar-refractivity contribution in [3.63, 3.8) is 0 Å². The van der Waals surface area contributed by atoms with Crippen LogP contribution in [0.15, 0.2) is 6.20 Å². The number of ether oxygens (including phenoxy) is 1. The highest BCUT2D eigenvalue weighted by Gasteiger charge is 2.13. The number of aromatic nitrogens is 2. The van der Waals surface area contributed by atoms with Gasteiger partial charge in [0.05, 0.1) is 6.61 Å². The van der Waals surface area contributed by atoms with Crippen LogP contribution in [0, 0.1) is 0 Å². The highest BCUT2D eigenvalue weighted by Crippen LogP contribution is 2.13. The van der Waals surface area contributed by atoms with Crippen molar-refractivity contribution in [1.82, 2.24) is 9.97 Å². The van der Waals surface area contributed by atoms with Crippen LogP contribution in [0.25, 0.3) is 0 Å². The first-order valence-corrected chi connectivity index (χ1v) is 4.31. The van der Waals surface area contributed by atoms with E-state index < -0.39 is 12.6 Å². The number of alkyl halides is 1. The highest BCUT2D eigenvalue weighted by atomic mass is 35.5. The van der Waals surface area contributed by atoms with Crippen molar-refractivity contribution >= 4 is 17.6 Å². The van der Waals surface area contributed by atoms with Crippen LogP contribution in [-0.2, 0) is 11.4 Å². The number of hydrogen-bond donors (Lipinski definition) is 0. The van der Waals surface area contributed by atoms with Crippen molar-refractivity contribution in [2.24, 2.45) is 0 Å². The zero-order valence-corrected chi connectivity index (χ0v) is 8.21. The van der Waals surface area contributed by atoms with Gasteiger partial charge in [-0.1, -0.05) is 11.6 Å². The van der Waals surface area contributed by atoms with Crippen molar-refractivity contribution in [2.45, 2.75) is 13.6 Å². The average Bonchev–Trinajstić information content (AvgIpc) is 2.17. The third kappa shape index (κ3) is 2.38. The van der Waals surface area contributed by atoms with Gasteiger partial charge in [-0.15, -0.1) is 0 Å². The summed E-state index contributed by atoms with van der Waals surface area (Å²) in [4.78, 5) is 18.3. The minimum absolute atomic E-state index is 0.0470. The molecule has 1 aromatic rings. The fourth-order valence-electron chi connectivity index (χ4n) is 0.805. The van der Waals surface area contributed by atoms with Crippen LogP contribution < -0.4 is 0 Å². The maximum absolute atomic E-state index is 12.1. The molecule has 0 atom stereocenters. The number of nitrogens with zero attached hydrogens (tertiary/aromatic N) is 2. The minimum atomic E-state index is -0.817. The summed E-state index contributed by atoms with van der Waals surface area (Å²) in [6, 6.07) is 0. The van der Waals surface area contributed by atoms with Crippen LogP contribution in [0.4, 0.5) is 4.39 Å². The second-order valence-electron chi connectivity index (χ2n) is 2.34. The molecule has 0 saturated carbocycles. The highest BCUT2D eigenvalue weighted by molar-refractivity contribution is 6.32. The first-order chi connectivity index (χ1) is 6.69. The van der Waals surface area contributed by atoms with E-state index in [0.717, 1.165) is 6.20 Å². The number of carbonyl (C=O) groups excluding carboxylic acids is 1. The molecule has 0 spiro atoms. The number of hydrogen-bond acceptors (Lipinski definition) is 4. The Morgan fingerprint density at radius 3 is 2.93 bits per heavy atom. The number of esters is 1. The molecule has 0 aliphatic carbocycles. The van der Waals surface area contributed by atoms with Gasteiger partial charge in [-0.25, -0.2) is 19.2 Å². The van der Waals surface area contributed by atoms with Crippen LogP contribution >= 0.6 is 11.6 Å². The molecule has 14 heavy (non-hydrogen) atoms. The fraction of sp³-hybridized carbons (Fsp3) is 0.375. The molecule has 1 aromatic heterocycles. The Hall–Kier alpha value is -1.23. The number of carbonyl (C=O) groups is 1. The van der Waals surface area contributed by atoms with E-state index in [0.29, 0.717) is 0 Å². The predicted octanol–water partition coefficient (Wildman–Crippen LogP) is 1.78. The molecule has 0 aliphatic heterocycles. The van der Waals surface area contributed by atoms with E-state index in [1.165, 1.54) is 0 Å². The monoisotopic (exact) mass is 218 g/mol. The summed E-state index contributed by atoms with van der Waals surface area (Å²) in [6.07, 6.45) is 1.16. The lowest BCUT2D eigenvalue weighted by Gasteiger charge is -2.03. The molecule has 0 aliphatic rings. The lowest BCUT2D eigenvalue weighted by atomic mass is 10.3. The van der Waals surface area contributed by atoms with Gasteiger partial charge in [0.25, 0.3) is 0 Å². The van der Waals surface area contributed by atoms with E-state index in [2.05, 4.69) is 14.7 Å². The van der Waals surface area contributed by atoms with Gasteiger partial charge in [0, 0.05) is 6.20 Å². The van der Waals surface area contributed by atoms with Gasteiger partial charge in [0.1, 0.15) is 17.4 Å². The summed E-state index contributed by atoms with van der Waals surface area (Å²) in [6.45, 7) is 1.09. The van der Waals surface area contributed by atoms with Crippen molar-refractivity contribution < 1.29 is 13.9 Å². The van der Waals surface area contributed by atoms with Crippen molar-refractivity contribution in [1.29, 1.82) is 0 Å². The fourth-order valence-corrected chi connectivity index (χ4v) is 1.03. The van der Waals surface area contributed by atoms with Crippen LogP contribution in [0.2, 0.25) is 5.15 Å². The zero-order chi connectivity index (χ0) is 10.6. The first kappa shape index (κ1) is 10.8. The SMILES string of the molecule is CCOC(=O)c1cnc(CF)nc1Cl. The van der Waals surface area contributed by atoms with Gasteiger partial charge >= 0.3 is 5.97 Å². The molecule has 1 rings (SSSR count). The number of rotatable bonds is 3. The molecular formula is C8H8ClFN2O2. The molecule has 0 unspecified atom stereocenters. The second-order valence-corrected chi connectivity index (χ2v) is 2.70. The van der Waals surface area contributed by atoms with Gasteiger partial charge in [-0.05, 0) is 6.92 Å². The van der Waals surface area contributed by atoms with Gasteiger partial charge in [-0.3, -0.25) is 0 Å². The quantitative estimate of drug-likeness (QED) is 0.573. The largest absolute Gasteiger partial charge is 0.462 e. The van der Waals surface area contributed by atoms with Crippen molar-refractivity contribution in [3.8, 4) is 0 Å². The molecule has 0 fully saturated rings. The van der Waals surface area contributed by atoms with Crippen LogP contribution in [0.5, 0.6) is 0 Å². The first-order valence-electron chi connectivity index (χ1n) is 3.93. The van der Waals surface area contributed by atoms with Crippen LogP contribution in [0.3, 0.4) is 0 Å². The summed E-state index contributed by atoms with van der Waals surface area (Å²) in [5.41, 5.74) is 0.0470. The Balaban J connectivity index is 2.94. The molecule has 0 amide bonds. The molecule has 1 heterocycles. The van der Waals surface area contributed by atoms with Crippen molar-refractivity contribution in [3.05, 3.63) is 22.7 Å². The topological polar surface area (TPSA) is 52.1 Å². The molecule has 0 aromatic carbocycles. The van der Waals surface area contributed by atoms with Crippen LogP contribution in [0.1, 0.15) is 23.1 Å². The minimum Gasteiger partial charge on any atom is -0.462 e. The number of halogens is 2. The summed E-state index contributed by atoms with van der Waals surface area (Å²) in [7, 11) is 0. The third-order valence-electron chi connectivity index (χ3n) is 1.41. The molecule has 6 heteroatoms. The van der Waals surface area contributed by atoms with Crippen LogP contribution in [-0.4, -0.2) is 22.5 Å².